The fourth-order valence-corrected chi connectivity index (χ4v) is 4.15. The summed E-state index contributed by atoms with van der Waals surface area (Å²) in [6.07, 6.45) is -0.0923. The van der Waals surface area contributed by atoms with E-state index in [2.05, 4.69) is 18.7 Å². The van der Waals surface area contributed by atoms with Crippen LogP contribution in [0.4, 0.5) is 13.2 Å². The van der Waals surface area contributed by atoms with E-state index in [0.29, 0.717) is 13.0 Å². The van der Waals surface area contributed by atoms with Crippen molar-refractivity contribution in [1.29, 1.82) is 0 Å². The molecule has 0 aromatic rings. The minimum Gasteiger partial charge on any atom is -0.329 e. The van der Waals surface area contributed by atoms with Crippen molar-refractivity contribution in [2.75, 3.05) is 13.1 Å². The first kappa shape index (κ1) is 15.1. The summed E-state index contributed by atoms with van der Waals surface area (Å²) >= 11 is 0. The Hall–Kier alpha value is -0.290. The SMILES string of the molecule is CC1(C)CCCN1C1(CN)CCCC(C(F)(F)F)C1. The van der Waals surface area contributed by atoms with Gasteiger partial charge in [-0.05, 0) is 52.5 Å². The number of nitrogens with two attached hydrogens (primary N) is 1. The van der Waals surface area contributed by atoms with Crippen molar-refractivity contribution in [2.24, 2.45) is 11.7 Å². The standard InChI is InChI=1S/C14H25F3N2/c1-12(2)6-4-8-19(12)13(10-18)7-3-5-11(9-13)14(15,16)17/h11H,3-10,18H2,1-2H3. The summed E-state index contributed by atoms with van der Waals surface area (Å²) in [5, 5.41) is 0. The summed E-state index contributed by atoms with van der Waals surface area (Å²) in [6, 6.07) is 0. The molecule has 19 heavy (non-hydrogen) atoms. The normalized spacial score (nSPS) is 36.6. The van der Waals surface area contributed by atoms with Gasteiger partial charge >= 0.3 is 6.18 Å². The number of hydrogen-bond acceptors (Lipinski definition) is 2. The molecule has 2 N–H and O–H groups in total. The summed E-state index contributed by atoms with van der Waals surface area (Å²) < 4.78 is 39.1. The number of rotatable bonds is 2. The molecule has 0 radical (unpaired) electrons. The van der Waals surface area contributed by atoms with Crippen molar-refractivity contribution in [3.8, 4) is 0 Å². The highest BCUT2D eigenvalue weighted by molar-refractivity contribution is 5.05. The lowest BCUT2D eigenvalue weighted by Crippen LogP contribution is -2.61. The Balaban J connectivity index is 2.22. The van der Waals surface area contributed by atoms with Crippen LogP contribution in [0.15, 0.2) is 0 Å². The molecule has 0 bridgehead atoms. The van der Waals surface area contributed by atoms with Gasteiger partial charge in [0.15, 0.2) is 0 Å². The quantitative estimate of drug-likeness (QED) is 0.839. The van der Waals surface area contributed by atoms with Gasteiger partial charge in [0.05, 0.1) is 5.92 Å². The Kier molecular flexibility index (Phi) is 3.91. The third-order valence-electron chi connectivity index (χ3n) is 5.14. The maximum Gasteiger partial charge on any atom is 0.391 e. The van der Waals surface area contributed by atoms with Gasteiger partial charge in [-0.1, -0.05) is 6.42 Å². The number of hydrogen-bond donors (Lipinski definition) is 1. The highest BCUT2D eigenvalue weighted by atomic mass is 19.4. The summed E-state index contributed by atoms with van der Waals surface area (Å²) in [6.45, 7) is 5.49. The van der Waals surface area contributed by atoms with E-state index in [1.54, 1.807) is 0 Å². The van der Waals surface area contributed by atoms with Crippen LogP contribution in [-0.4, -0.2) is 35.2 Å². The maximum atomic E-state index is 13.0. The molecule has 0 aromatic carbocycles. The van der Waals surface area contributed by atoms with Crippen LogP contribution in [-0.2, 0) is 0 Å². The van der Waals surface area contributed by atoms with Crippen molar-refractivity contribution in [3.05, 3.63) is 0 Å². The van der Waals surface area contributed by atoms with Crippen molar-refractivity contribution in [3.63, 3.8) is 0 Å². The molecule has 0 amide bonds. The molecule has 2 atom stereocenters. The molecule has 2 aliphatic rings. The predicted octanol–water partition coefficient (Wildman–Crippen LogP) is 3.31. The number of nitrogens with zero attached hydrogens (tertiary/aromatic N) is 1. The largest absolute Gasteiger partial charge is 0.391 e. The summed E-state index contributed by atoms with van der Waals surface area (Å²) in [4.78, 5) is 2.28. The van der Waals surface area contributed by atoms with E-state index in [1.165, 1.54) is 0 Å². The van der Waals surface area contributed by atoms with E-state index in [9.17, 15) is 13.2 Å². The van der Waals surface area contributed by atoms with Crippen LogP contribution in [0.25, 0.3) is 0 Å². The molecule has 0 spiro atoms. The average molecular weight is 278 g/mol. The van der Waals surface area contributed by atoms with Crippen LogP contribution in [0.1, 0.15) is 52.4 Å². The zero-order valence-electron chi connectivity index (χ0n) is 11.9. The molecule has 112 valence electrons. The van der Waals surface area contributed by atoms with E-state index < -0.39 is 17.6 Å². The summed E-state index contributed by atoms with van der Waals surface area (Å²) in [7, 11) is 0. The molecular formula is C14H25F3N2. The van der Waals surface area contributed by atoms with Crippen LogP contribution < -0.4 is 5.73 Å². The molecule has 1 saturated carbocycles. The number of halogens is 3. The van der Waals surface area contributed by atoms with Crippen LogP contribution in [0.2, 0.25) is 0 Å². The second kappa shape index (κ2) is 4.92. The molecular weight excluding hydrogens is 253 g/mol. The molecule has 0 aromatic heterocycles. The van der Waals surface area contributed by atoms with Crippen molar-refractivity contribution in [1.82, 2.24) is 4.90 Å². The lowest BCUT2D eigenvalue weighted by atomic mass is 9.73. The third kappa shape index (κ3) is 2.77. The lowest BCUT2D eigenvalue weighted by molar-refractivity contribution is -0.195. The van der Waals surface area contributed by atoms with E-state index in [0.717, 1.165) is 25.8 Å². The predicted molar refractivity (Wildman–Crippen MR) is 69.8 cm³/mol. The van der Waals surface area contributed by atoms with Gasteiger partial charge in [0.2, 0.25) is 0 Å². The van der Waals surface area contributed by atoms with Gasteiger partial charge in [0.1, 0.15) is 0 Å². The lowest BCUT2D eigenvalue weighted by Gasteiger charge is -2.52. The van der Waals surface area contributed by atoms with Crippen molar-refractivity contribution < 1.29 is 13.2 Å². The van der Waals surface area contributed by atoms with E-state index in [-0.39, 0.29) is 18.4 Å². The first-order valence-electron chi connectivity index (χ1n) is 7.26. The fraction of sp³-hybridized carbons (Fsp3) is 1.00. The molecule has 2 unspecified atom stereocenters. The van der Waals surface area contributed by atoms with E-state index >= 15 is 0 Å². The smallest absolute Gasteiger partial charge is 0.329 e. The second-order valence-electron chi connectivity index (χ2n) is 6.83. The molecule has 2 nitrogen and oxygen atoms in total. The number of likely N-dealkylation sites (tertiary alicyclic amines) is 1. The average Bonchev–Trinajstić information content (AvgIpc) is 2.68. The molecule has 2 fully saturated rings. The highest BCUT2D eigenvalue weighted by Gasteiger charge is 2.52. The van der Waals surface area contributed by atoms with Crippen LogP contribution in [0, 0.1) is 5.92 Å². The summed E-state index contributed by atoms with van der Waals surface area (Å²) in [5.74, 6) is -1.18. The van der Waals surface area contributed by atoms with Crippen LogP contribution >= 0.6 is 0 Å². The second-order valence-corrected chi connectivity index (χ2v) is 6.83. The first-order valence-corrected chi connectivity index (χ1v) is 7.26. The molecule has 1 heterocycles. The zero-order chi connectivity index (χ0) is 14.3. The molecule has 1 saturated heterocycles. The Morgan fingerprint density at radius 3 is 2.37 bits per heavy atom. The Morgan fingerprint density at radius 1 is 1.21 bits per heavy atom. The molecule has 1 aliphatic carbocycles. The molecule has 1 aliphatic heterocycles. The summed E-state index contributed by atoms with van der Waals surface area (Å²) in [5.41, 5.74) is 5.47. The van der Waals surface area contributed by atoms with Gasteiger partial charge in [-0.15, -0.1) is 0 Å². The van der Waals surface area contributed by atoms with Gasteiger partial charge in [0.25, 0.3) is 0 Å². The van der Waals surface area contributed by atoms with Crippen LogP contribution in [0.3, 0.4) is 0 Å². The minimum atomic E-state index is -4.08. The highest BCUT2D eigenvalue weighted by Crippen LogP contribution is 2.47. The minimum absolute atomic E-state index is 0.0210. The third-order valence-corrected chi connectivity index (χ3v) is 5.14. The molecule has 2 rings (SSSR count). The van der Waals surface area contributed by atoms with Gasteiger partial charge < -0.3 is 5.73 Å². The zero-order valence-corrected chi connectivity index (χ0v) is 11.9. The Bertz CT molecular complexity index is 327. The Morgan fingerprint density at radius 2 is 1.89 bits per heavy atom. The fourth-order valence-electron chi connectivity index (χ4n) is 4.15. The monoisotopic (exact) mass is 278 g/mol. The van der Waals surface area contributed by atoms with Gasteiger partial charge in [0, 0.05) is 17.6 Å². The molecule has 5 heteroatoms. The topological polar surface area (TPSA) is 29.3 Å². The maximum absolute atomic E-state index is 13.0. The van der Waals surface area contributed by atoms with E-state index in [1.807, 2.05) is 0 Å². The van der Waals surface area contributed by atoms with Crippen molar-refractivity contribution in [2.45, 2.75) is 69.6 Å². The van der Waals surface area contributed by atoms with Crippen LogP contribution in [0.5, 0.6) is 0 Å². The van der Waals surface area contributed by atoms with E-state index in [4.69, 9.17) is 5.73 Å². The van der Waals surface area contributed by atoms with Gasteiger partial charge in [-0.2, -0.15) is 13.2 Å². The Labute approximate surface area is 113 Å². The first-order chi connectivity index (χ1) is 8.71. The van der Waals surface area contributed by atoms with Gasteiger partial charge in [-0.25, -0.2) is 0 Å². The number of alkyl halides is 3. The van der Waals surface area contributed by atoms with Gasteiger partial charge in [-0.3, -0.25) is 4.90 Å². The van der Waals surface area contributed by atoms with Crippen molar-refractivity contribution >= 4 is 0 Å².